The normalized spacial score (nSPS) is 12.5. The van der Waals surface area contributed by atoms with Gasteiger partial charge >= 0.3 is 0 Å². The summed E-state index contributed by atoms with van der Waals surface area (Å²) in [7, 11) is 6.81. The summed E-state index contributed by atoms with van der Waals surface area (Å²) in [6.07, 6.45) is 0. The van der Waals surface area contributed by atoms with Gasteiger partial charge in [-0.1, -0.05) is 20.8 Å². The maximum atomic E-state index is 13.6. The van der Waals surface area contributed by atoms with Gasteiger partial charge in [-0.3, -0.25) is 15.0 Å². The number of nitrogens with one attached hydrogen (secondary N) is 2. The van der Waals surface area contributed by atoms with Crippen molar-refractivity contribution in [2.75, 3.05) is 59.5 Å². The van der Waals surface area contributed by atoms with E-state index in [1.165, 1.54) is 0 Å². The Morgan fingerprint density at radius 3 is 2.41 bits per heavy atom. The quantitative estimate of drug-likeness (QED) is 0.365. The van der Waals surface area contributed by atoms with E-state index >= 15 is 0 Å². The summed E-state index contributed by atoms with van der Waals surface area (Å²) in [6.45, 7) is 10.1. The molecule has 1 aliphatic heterocycles. The Balaban J connectivity index is 0.00000533. The molecule has 0 bridgehead atoms. The highest BCUT2D eigenvalue weighted by atomic mass is 79.9. The molecule has 1 heterocycles. The standard InChI is InChI=1S/C29H40N4O5.BrH/c1-9-38-25-14-19-16-33(27(30)20(19)15-21(25)28(35)31-5)17-24(34)18-12-22(29(2,3)4)26(37-8)23(13-18)32(6)10-11-36-7;/h12-15,30H,9-11,16-17H2,1-8H3,(H,31,35);1H. The van der Waals surface area contributed by atoms with Crippen LogP contribution in [0, 0.1) is 5.41 Å². The fraction of sp³-hybridized carbons (Fsp3) is 0.483. The van der Waals surface area contributed by atoms with Crippen LogP contribution >= 0.6 is 17.0 Å². The Morgan fingerprint density at radius 2 is 1.85 bits per heavy atom. The molecule has 0 saturated carbocycles. The number of ketones is 1. The molecule has 0 radical (unpaired) electrons. The fourth-order valence-electron chi connectivity index (χ4n) is 4.59. The molecule has 2 N–H and O–H groups in total. The molecule has 0 aliphatic carbocycles. The minimum atomic E-state index is -0.281. The number of halogens is 1. The van der Waals surface area contributed by atoms with Crippen LogP contribution in [-0.2, 0) is 16.7 Å². The van der Waals surface area contributed by atoms with Gasteiger partial charge in [0.15, 0.2) is 5.78 Å². The monoisotopic (exact) mass is 604 g/mol. The van der Waals surface area contributed by atoms with Crippen LogP contribution in [0.25, 0.3) is 0 Å². The summed E-state index contributed by atoms with van der Waals surface area (Å²) in [6, 6.07) is 7.24. The van der Waals surface area contributed by atoms with Crippen LogP contribution < -0.4 is 19.7 Å². The zero-order chi connectivity index (χ0) is 28.2. The van der Waals surface area contributed by atoms with E-state index in [4.69, 9.17) is 19.6 Å². The number of nitrogens with zero attached hydrogens (tertiary/aromatic N) is 2. The Morgan fingerprint density at radius 1 is 1.15 bits per heavy atom. The number of carbonyl (C=O) groups is 2. The molecular weight excluding hydrogens is 564 g/mol. The maximum absolute atomic E-state index is 13.6. The second-order valence-corrected chi connectivity index (χ2v) is 10.4. The van der Waals surface area contributed by atoms with Gasteiger partial charge in [-0.25, -0.2) is 0 Å². The first-order valence-electron chi connectivity index (χ1n) is 12.8. The first kappa shape index (κ1) is 32.1. The predicted molar refractivity (Wildman–Crippen MR) is 160 cm³/mol. The third-order valence-corrected chi connectivity index (χ3v) is 6.69. The predicted octanol–water partition coefficient (Wildman–Crippen LogP) is 4.44. The van der Waals surface area contributed by atoms with E-state index in [0.29, 0.717) is 48.7 Å². The van der Waals surface area contributed by atoms with Gasteiger partial charge in [0.2, 0.25) is 0 Å². The summed E-state index contributed by atoms with van der Waals surface area (Å²) in [5.41, 5.74) is 3.90. The summed E-state index contributed by atoms with van der Waals surface area (Å²) < 4.78 is 16.8. The lowest BCUT2D eigenvalue weighted by atomic mass is 9.84. The zero-order valence-corrected chi connectivity index (χ0v) is 25.9. The highest BCUT2D eigenvalue weighted by molar-refractivity contribution is 8.93. The van der Waals surface area contributed by atoms with Crippen molar-refractivity contribution in [1.29, 1.82) is 5.41 Å². The molecule has 0 saturated heterocycles. The first-order valence-corrected chi connectivity index (χ1v) is 12.8. The number of ether oxygens (including phenoxy) is 3. The summed E-state index contributed by atoms with van der Waals surface area (Å²) in [5.74, 6) is 1.04. The van der Waals surface area contributed by atoms with Crippen molar-refractivity contribution in [2.45, 2.75) is 39.7 Å². The van der Waals surface area contributed by atoms with E-state index in [1.54, 1.807) is 38.3 Å². The molecule has 39 heavy (non-hydrogen) atoms. The van der Waals surface area contributed by atoms with Gasteiger partial charge in [-0.2, -0.15) is 0 Å². The molecular formula is C29H41BrN4O5. The maximum Gasteiger partial charge on any atom is 0.254 e. The smallest absolute Gasteiger partial charge is 0.254 e. The van der Waals surface area contributed by atoms with Crippen molar-refractivity contribution < 1.29 is 23.8 Å². The Labute approximate surface area is 242 Å². The van der Waals surface area contributed by atoms with Gasteiger partial charge in [0.25, 0.3) is 5.91 Å². The number of amidine groups is 1. The van der Waals surface area contributed by atoms with Gasteiger partial charge in [0, 0.05) is 51.0 Å². The molecule has 2 aromatic carbocycles. The van der Waals surface area contributed by atoms with Crippen LogP contribution in [0.4, 0.5) is 5.69 Å². The Hall–Kier alpha value is -3.11. The number of hydrogen-bond acceptors (Lipinski definition) is 7. The van der Waals surface area contributed by atoms with Crippen LogP contribution in [0.3, 0.4) is 0 Å². The molecule has 214 valence electrons. The SMILES string of the molecule is Br.CCOc1cc2c(cc1C(=O)NC)C(=N)N(CC(=O)c1cc(N(C)CCOC)c(OC)c(C(C)(C)C)c1)C2. The van der Waals surface area contributed by atoms with Gasteiger partial charge in [-0.15, -0.1) is 17.0 Å². The minimum Gasteiger partial charge on any atom is -0.494 e. The summed E-state index contributed by atoms with van der Waals surface area (Å²) in [4.78, 5) is 29.8. The fourth-order valence-corrected chi connectivity index (χ4v) is 4.59. The zero-order valence-electron chi connectivity index (χ0n) is 24.2. The van der Waals surface area contributed by atoms with E-state index < -0.39 is 0 Å². The van der Waals surface area contributed by atoms with Gasteiger partial charge in [-0.05, 0) is 42.2 Å². The third kappa shape index (κ3) is 6.91. The molecule has 3 rings (SSSR count). The number of hydrogen-bond donors (Lipinski definition) is 2. The second-order valence-electron chi connectivity index (χ2n) is 10.4. The Kier molecular flexibility index (Phi) is 10.9. The number of Topliss-reactive ketones (excluding diaryl/α,β-unsaturated/α-hetero) is 1. The molecule has 0 aromatic heterocycles. The summed E-state index contributed by atoms with van der Waals surface area (Å²) in [5, 5.41) is 11.4. The van der Waals surface area contributed by atoms with Crippen molar-refractivity contribution in [3.63, 3.8) is 0 Å². The van der Waals surface area contributed by atoms with Crippen LogP contribution in [-0.4, -0.2) is 77.0 Å². The number of benzene rings is 2. The number of likely N-dealkylation sites (N-methyl/N-ethyl adjacent to an activating group) is 1. The highest BCUT2D eigenvalue weighted by Crippen LogP contribution is 2.40. The van der Waals surface area contributed by atoms with Crippen molar-refractivity contribution in [3.8, 4) is 11.5 Å². The number of rotatable bonds is 11. The average Bonchev–Trinajstić information content (AvgIpc) is 3.18. The van der Waals surface area contributed by atoms with Crippen molar-refractivity contribution in [2.24, 2.45) is 0 Å². The van der Waals surface area contributed by atoms with Crippen molar-refractivity contribution in [1.82, 2.24) is 10.2 Å². The third-order valence-electron chi connectivity index (χ3n) is 6.69. The molecule has 1 aliphatic rings. The summed E-state index contributed by atoms with van der Waals surface area (Å²) >= 11 is 0. The number of fused-ring (bicyclic) bond motifs is 1. The van der Waals surface area contributed by atoms with Crippen molar-refractivity contribution in [3.05, 3.63) is 52.1 Å². The number of anilines is 1. The molecule has 0 unspecified atom stereocenters. The Bertz CT molecular complexity index is 1230. The molecule has 0 fully saturated rings. The number of methoxy groups -OCH3 is 2. The molecule has 0 atom stereocenters. The molecule has 1 amide bonds. The lowest BCUT2D eigenvalue weighted by Gasteiger charge is -2.29. The van der Waals surface area contributed by atoms with E-state index in [0.717, 1.165) is 22.6 Å². The largest absolute Gasteiger partial charge is 0.494 e. The molecule has 2 aromatic rings. The van der Waals surface area contributed by atoms with Crippen molar-refractivity contribution >= 4 is 40.2 Å². The van der Waals surface area contributed by atoms with Crippen LogP contribution in [0.1, 0.15) is 65.1 Å². The molecule has 10 heteroatoms. The second kappa shape index (κ2) is 13.3. The van der Waals surface area contributed by atoms with E-state index in [-0.39, 0.29) is 46.5 Å². The minimum absolute atomic E-state index is 0. The van der Waals surface area contributed by atoms with Gasteiger partial charge < -0.3 is 29.3 Å². The van der Waals surface area contributed by atoms with Gasteiger partial charge in [0.05, 0.1) is 38.1 Å². The van der Waals surface area contributed by atoms with Crippen LogP contribution in [0.15, 0.2) is 24.3 Å². The van der Waals surface area contributed by atoms with Gasteiger partial charge in [0.1, 0.15) is 17.3 Å². The first-order chi connectivity index (χ1) is 18.0. The number of amides is 1. The molecule has 0 spiro atoms. The van der Waals surface area contributed by atoms with E-state index in [1.807, 2.05) is 31.0 Å². The van der Waals surface area contributed by atoms with Crippen LogP contribution in [0.2, 0.25) is 0 Å². The molecule has 9 nitrogen and oxygen atoms in total. The van der Waals surface area contributed by atoms with E-state index in [2.05, 4.69) is 26.1 Å². The van der Waals surface area contributed by atoms with Crippen LogP contribution in [0.5, 0.6) is 11.5 Å². The average molecular weight is 606 g/mol. The lowest BCUT2D eigenvalue weighted by Crippen LogP contribution is -2.31. The van der Waals surface area contributed by atoms with E-state index in [9.17, 15) is 9.59 Å². The highest BCUT2D eigenvalue weighted by Gasteiger charge is 2.31. The lowest BCUT2D eigenvalue weighted by molar-refractivity contribution is 0.0953. The topological polar surface area (TPSA) is 104 Å². The number of carbonyl (C=O) groups excluding carboxylic acids is 2.